The zero-order valence-corrected chi connectivity index (χ0v) is 23.7. The number of imidazole rings is 1. The molecule has 0 spiro atoms. The lowest BCUT2D eigenvalue weighted by atomic mass is 10.1. The maximum Gasteiger partial charge on any atom is 0.407 e. The number of carbonyl (C=O) groups excluding carboxylic acids is 3. The minimum atomic E-state index is -0.872. The Morgan fingerprint density at radius 2 is 1.88 bits per heavy atom. The molecule has 0 aliphatic heterocycles. The summed E-state index contributed by atoms with van der Waals surface area (Å²) in [6.07, 6.45) is 5.32. The first-order valence-corrected chi connectivity index (χ1v) is 13.4. The van der Waals surface area contributed by atoms with Gasteiger partial charge in [-0.2, -0.15) is 0 Å². The summed E-state index contributed by atoms with van der Waals surface area (Å²) < 4.78 is 21.4. The third-order valence-corrected chi connectivity index (χ3v) is 6.22. The van der Waals surface area contributed by atoms with Crippen molar-refractivity contribution in [3.63, 3.8) is 0 Å². The van der Waals surface area contributed by atoms with E-state index < -0.39 is 30.2 Å². The second-order valence-electron chi connectivity index (χ2n) is 9.37. The van der Waals surface area contributed by atoms with Crippen molar-refractivity contribution >= 4 is 29.5 Å². The van der Waals surface area contributed by atoms with E-state index in [1.807, 2.05) is 0 Å². The predicted octanol–water partition coefficient (Wildman–Crippen LogP) is 3.84. The van der Waals surface area contributed by atoms with E-state index in [-0.39, 0.29) is 19.6 Å². The van der Waals surface area contributed by atoms with Crippen molar-refractivity contribution in [1.29, 1.82) is 0 Å². The molecule has 2 aromatic heterocycles. The van der Waals surface area contributed by atoms with E-state index >= 15 is 0 Å². The van der Waals surface area contributed by atoms with Crippen molar-refractivity contribution in [3.05, 3.63) is 78.8 Å². The number of H-pyrrole nitrogens is 1. The van der Waals surface area contributed by atoms with Crippen LogP contribution in [0.2, 0.25) is 0 Å². The average molecular weight is 592 g/mol. The monoisotopic (exact) mass is 591 g/mol. The van der Waals surface area contributed by atoms with Crippen LogP contribution in [0.1, 0.15) is 24.6 Å². The molecule has 14 heteroatoms. The van der Waals surface area contributed by atoms with Gasteiger partial charge in [-0.3, -0.25) is 4.79 Å². The smallest absolute Gasteiger partial charge is 0.407 e. The molecule has 0 aliphatic rings. The van der Waals surface area contributed by atoms with Gasteiger partial charge in [0.25, 0.3) is 0 Å². The van der Waals surface area contributed by atoms with Crippen molar-refractivity contribution in [2.45, 2.75) is 38.5 Å². The fourth-order valence-electron chi connectivity index (χ4n) is 3.97. The van der Waals surface area contributed by atoms with E-state index in [9.17, 15) is 14.4 Å². The van der Waals surface area contributed by atoms with Crippen LogP contribution < -0.4 is 26.4 Å². The minimum absolute atomic E-state index is 0.122. The number of esters is 1. The molecule has 4 aromatic rings. The molecule has 1 unspecified atom stereocenters. The van der Waals surface area contributed by atoms with Gasteiger partial charge in [-0.05, 0) is 36.2 Å². The number of hydrogen-bond donors (Lipinski definition) is 5. The van der Waals surface area contributed by atoms with Crippen LogP contribution in [0.15, 0.2) is 72.0 Å². The van der Waals surface area contributed by atoms with Crippen molar-refractivity contribution in [2.24, 2.45) is 5.73 Å². The summed E-state index contributed by atoms with van der Waals surface area (Å²) in [6.45, 7) is 1.82. The number of nitrogens with zero attached hydrogens (tertiary/aromatic N) is 2. The molecule has 0 fully saturated rings. The lowest BCUT2D eigenvalue weighted by molar-refractivity contribution is -0.148. The van der Waals surface area contributed by atoms with Gasteiger partial charge in [0.2, 0.25) is 0 Å². The van der Waals surface area contributed by atoms with Gasteiger partial charge in [0.05, 0.1) is 25.2 Å². The molecule has 0 saturated heterocycles. The fourth-order valence-corrected chi connectivity index (χ4v) is 3.97. The Morgan fingerprint density at radius 1 is 1.07 bits per heavy atom. The van der Waals surface area contributed by atoms with Gasteiger partial charge in [-0.25, -0.2) is 19.6 Å². The van der Waals surface area contributed by atoms with Crippen LogP contribution in [0, 0.1) is 0 Å². The number of alkyl carbamates (subject to hydrolysis) is 1. The molecule has 0 bridgehead atoms. The number of benzene rings is 2. The number of nitrogens with two attached hydrogens (primary N) is 1. The Kier molecular flexibility index (Phi) is 10.7. The van der Waals surface area contributed by atoms with Crippen LogP contribution in [-0.4, -0.2) is 58.9 Å². The molecule has 226 valence electrons. The summed E-state index contributed by atoms with van der Waals surface area (Å²) >= 11 is 0. The predicted molar refractivity (Wildman–Crippen MR) is 156 cm³/mol. The minimum Gasteiger partial charge on any atom is -0.496 e. The molecule has 2 aromatic carbocycles. The zero-order valence-electron chi connectivity index (χ0n) is 23.7. The molecule has 6 N–H and O–H groups in total. The first-order chi connectivity index (χ1) is 20.8. The Labute approximate surface area is 247 Å². The van der Waals surface area contributed by atoms with Gasteiger partial charge >= 0.3 is 18.1 Å². The van der Waals surface area contributed by atoms with E-state index in [1.165, 1.54) is 19.8 Å². The summed E-state index contributed by atoms with van der Waals surface area (Å²) in [5.74, 6) is 0.442. The number of ether oxygens (including phenoxy) is 3. The normalized spacial score (nSPS) is 12.1. The largest absolute Gasteiger partial charge is 0.496 e. The maximum absolute atomic E-state index is 12.6. The molecule has 3 amide bonds. The molecule has 43 heavy (non-hydrogen) atoms. The van der Waals surface area contributed by atoms with Crippen LogP contribution in [0.3, 0.4) is 0 Å². The number of aromatic amines is 1. The van der Waals surface area contributed by atoms with Crippen LogP contribution in [-0.2, 0) is 27.2 Å². The van der Waals surface area contributed by atoms with Gasteiger partial charge in [0.15, 0.2) is 12.2 Å². The standard InChI is InChI=1S/C29H33N7O7/c1-3-22(15-41-27(37)24(30)10-21-13-31-16-34-21)43-29(39)33-12-18-5-4-6-19(9-18)35-28(38)36-20-7-8-23(25(11-20)40-2)26-14-32-17-42-26/h4-9,11,13-14,16-17,22,24H,3,10,12,15,30H2,1-2H3,(H,31,34)(H,33,39)(H2,35,36,38)/t22?,24-/m1/s1. The van der Waals surface area contributed by atoms with E-state index in [2.05, 4.69) is 30.9 Å². The summed E-state index contributed by atoms with van der Waals surface area (Å²) in [7, 11) is 1.52. The highest BCUT2D eigenvalue weighted by atomic mass is 16.6. The second-order valence-corrected chi connectivity index (χ2v) is 9.37. The van der Waals surface area contributed by atoms with Crippen molar-refractivity contribution in [3.8, 4) is 17.1 Å². The molecule has 0 saturated carbocycles. The fraction of sp³-hybridized carbons (Fsp3) is 0.276. The SMILES string of the molecule is CCC(COC(=O)[C@H](N)Cc1cnc[nH]1)OC(=O)NCc1cccc(NC(=O)Nc2ccc(-c3cnco3)c(OC)c2)c1. The number of rotatable bonds is 13. The van der Waals surface area contributed by atoms with Crippen LogP contribution in [0.4, 0.5) is 21.0 Å². The molecule has 2 heterocycles. The number of methoxy groups -OCH3 is 1. The number of hydrogen-bond acceptors (Lipinski definition) is 10. The molecule has 2 atom stereocenters. The summed E-state index contributed by atoms with van der Waals surface area (Å²) in [5.41, 5.74) is 9.03. The van der Waals surface area contributed by atoms with Crippen LogP contribution in [0.25, 0.3) is 11.3 Å². The summed E-state index contributed by atoms with van der Waals surface area (Å²) in [6, 6.07) is 10.8. The van der Waals surface area contributed by atoms with Crippen molar-refractivity contribution in [2.75, 3.05) is 24.4 Å². The van der Waals surface area contributed by atoms with E-state index in [0.717, 1.165) is 5.56 Å². The maximum atomic E-state index is 12.6. The topological polar surface area (TPSA) is 196 Å². The number of carbonyl (C=O) groups is 3. The highest BCUT2D eigenvalue weighted by Gasteiger charge is 2.20. The Balaban J connectivity index is 1.22. The quantitative estimate of drug-likeness (QED) is 0.143. The van der Waals surface area contributed by atoms with Gasteiger partial charge in [0, 0.05) is 42.3 Å². The first kappa shape index (κ1) is 30.6. The Bertz CT molecular complexity index is 1490. The van der Waals surface area contributed by atoms with Crippen LogP contribution >= 0.6 is 0 Å². The van der Waals surface area contributed by atoms with Gasteiger partial charge < -0.3 is 45.3 Å². The van der Waals surface area contributed by atoms with Gasteiger partial charge in [0.1, 0.15) is 24.5 Å². The van der Waals surface area contributed by atoms with E-state index in [0.29, 0.717) is 40.6 Å². The average Bonchev–Trinajstić information content (AvgIpc) is 3.73. The van der Waals surface area contributed by atoms with Gasteiger partial charge in [-0.15, -0.1) is 0 Å². The van der Waals surface area contributed by atoms with Crippen molar-refractivity contribution < 1.29 is 33.0 Å². The second kappa shape index (κ2) is 15.0. The van der Waals surface area contributed by atoms with E-state index in [1.54, 1.807) is 61.8 Å². The van der Waals surface area contributed by atoms with Gasteiger partial charge in [-0.1, -0.05) is 19.1 Å². The molecule has 0 aliphatic carbocycles. The number of aromatic nitrogens is 3. The van der Waals surface area contributed by atoms with Crippen LogP contribution in [0.5, 0.6) is 5.75 Å². The molecule has 4 rings (SSSR count). The molecule has 0 radical (unpaired) electrons. The summed E-state index contributed by atoms with van der Waals surface area (Å²) in [5, 5.41) is 8.18. The third kappa shape index (κ3) is 9.06. The molecular formula is C29H33N7O7. The Hall–Kier alpha value is -5.37. The molecular weight excluding hydrogens is 558 g/mol. The lowest BCUT2D eigenvalue weighted by Gasteiger charge is -2.18. The lowest BCUT2D eigenvalue weighted by Crippen LogP contribution is -2.37. The Morgan fingerprint density at radius 3 is 2.58 bits per heavy atom. The number of oxazole rings is 1. The number of anilines is 2. The van der Waals surface area contributed by atoms with Crippen molar-refractivity contribution in [1.82, 2.24) is 20.3 Å². The zero-order chi connectivity index (χ0) is 30.6. The molecule has 14 nitrogen and oxygen atoms in total. The number of urea groups is 1. The number of amides is 3. The summed E-state index contributed by atoms with van der Waals surface area (Å²) in [4.78, 5) is 47.9. The highest BCUT2D eigenvalue weighted by Crippen LogP contribution is 2.32. The van der Waals surface area contributed by atoms with E-state index in [4.69, 9.17) is 24.4 Å². The highest BCUT2D eigenvalue weighted by molar-refractivity contribution is 6.00. The third-order valence-electron chi connectivity index (χ3n) is 6.22. The first-order valence-electron chi connectivity index (χ1n) is 13.4. The number of nitrogens with one attached hydrogen (secondary N) is 4.